The van der Waals surface area contributed by atoms with Crippen molar-refractivity contribution in [1.29, 1.82) is 0 Å². The normalized spacial score (nSPS) is 14.5. The van der Waals surface area contributed by atoms with Gasteiger partial charge < -0.3 is 15.0 Å². The van der Waals surface area contributed by atoms with Crippen LogP contribution < -0.4 is 5.32 Å². The third-order valence-corrected chi connectivity index (χ3v) is 3.16. The van der Waals surface area contributed by atoms with Crippen LogP contribution in [0.2, 0.25) is 0 Å². The standard InChI is InChI=1S/C13H14FN3O5/c14-11-8-10(17(20)21)2-1-9(11)7-12(18)22-13(19)16-5-3-15-4-6-16/h1-2,8,15H,3-7H2. The number of benzene rings is 1. The monoisotopic (exact) mass is 311 g/mol. The zero-order chi connectivity index (χ0) is 16.1. The van der Waals surface area contributed by atoms with Crippen molar-refractivity contribution in [3.63, 3.8) is 0 Å². The van der Waals surface area contributed by atoms with E-state index in [1.54, 1.807) is 0 Å². The van der Waals surface area contributed by atoms with E-state index in [-0.39, 0.29) is 5.56 Å². The molecule has 0 aromatic heterocycles. The molecule has 1 amide bonds. The number of amides is 1. The van der Waals surface area contributed by atoms with Crippen LogP contribution in [0.4, 0.5) is 14.9 Å². The van der Waals surface area contributed by atoms with Crippen LogP contribution in [0.15, 0.2) is 18.2 Å². The number of nitro groups is 1. The Morgan fingerprint density at radius 1 is 1.36 bits per heavy atom. The topological polar surface area (TPSA) is 102 Å². The average Bonchev–Trinajstić information content (AvgIpc) is 2.50. The third-order valence-electron chi connectivity index (χ3n) is 3.16. The fourth-order valence-electron chi connectivity index (χ4n) is 1.99. The largest absolute Gasteiger partial charge is 0.417 e. The van der Waals surface area contributed by atoms with Gasteiger partial charge in [-0.05, 0) is 11.6 Å². The molecule has 1 aliphatic heterocycles. The molecule has 0 bridgehead atoms. The van der Waals surface area contributed by atoms with Crippen molar-refractivity contribution >= 4 is 17.7 Å². The van der Waals surface area contributed by atoms with E-state index >= 15 is 0 Å². The molecule has 1 fully saturated rings. The van der Waals surface area contributed by atoms with Crippen molar-refractivity contribution in [2.24, 2.45) is 0 Å². The van der Waals surface area contributed by atoms with Crippen molar-refractivity contribution in [2.45, 2.75) is 6.42 Å². The summed E-state index contributed by atoms with van der Waals surface area (Å²) in [6.45, 7) is 2.08. The van der Waals surface area contributed by atoms with Gasteiger partial charge in [0.25, 0.3) is 5.69 Å². The van der Waals surface area contributed by atoms with Crippen LogP contribution in [0.3, 0.4) is 0 Å². The van der Waals surface area contributed by atoms with Gasteiger partial charge in [-0.2, -0.15) is 0 Å². The van der Waals surface area contributed by atoms with Crippen molar-refractivity contribution in [3.05, 3.63) is 39.7 Å². The molecule has 22 heavy (non-hydrogen) atoms. The molecule has 8 nitrogen and oxygen atoms in total. The lowest BCUT2D eigenvalue weighted by Crippen LogP contribution is -2.47. The second-order valence-corrected chi connectivity index (χ2v) is 4.69. The summed E-state index contributed by atoms with van der Waals surface area (Å²) in [5.74, 6) is -1.79. The van der Waals surface area contributed by atoms with Gasteiger partial charge in [-0.1, -0.05) is 0 Å². The van der Waals surface area contributed by atoms with E-state index in [0.29, 0.717) is 26.2 Å². The van der Waals surface area contributed by atoms with Crippen LogP contribution in [-0.2, 0) is 16.0 Å². The first-order valence-electron chi connectivity index (χ1n) is 6.60. The minimum atomic E-state index is -0.906. The lowest BCUT2D eigenvalue weighted by atomic mass is 10.1. The SMILES string of the molecule is O=C(Cc1ccc([N+](=O)[O-])cc1F)OC(=O)N1CCNCC1. The molecule has 9 heteroatoms. The Morgan fingerprint density at radius 3 is 2.64 bits per heavy atom. The summed E-state index contributed by atoms with van der Waals surface area (Å²) in [7, 11) is 0. The van der Waals surface area contributed by atoms with Crippen molar-refractivity contribution in [1.82, 2.24) is 10.2 Å². The second kappa shape index (κ2) is 6.94. The number of nitrogens with one attached hydrogen (secondary N) is 1. The summed E-state index contributed by atoms with van der Waals surface area (Å²) in [5.41, 5.74) is -0.477. The predicted octanol–water partition coefficient (Wildman–Crippen LogP) is 0.845. The van der Waals surface area contributed by atoms with Gasteiger partial charge in [-0.15, -0.1) is 0 Å². The molecule has 1 aliphatic rings. The Hall–Kier alpha value is -2.55. The predicted molar refractivity (Wildman–Crippen MR) is 72.7 cm³/mol. The van der Waals surface area contributed by atoms with Crippen LogP contribution in [0, 0.1) is 15.9 Å². The van der Waals surface area contributed by atoms with Gasteiger partial charge in [0.1, 0.15) is 5.82 Å². The minimum Gasteiger partial charge on any atom is -0.376 e. The first-order valence-corrected chi connectivity index (χ1v) is 6.60. The molecule has 0 radical (unpaired) electrons. The minimum absolute atomic E-state index is 0.0660. The zero-order valence-electron chi connectivity index (χ0n) is 11.6. The Labute approximate surface area is 125 Å². The number of ether oxygens (including phenoxy) is 1. The van der Waals surface area contributed by atoms with Crippen LogP contribution in [0.1, 0.15) is 5.56 Å². The maximum absolute atomic E-state index is 13.6. The highest BCUT2D eigenvalue weighted by Gasteiger charge is 2.21. The molecule has 0 spiro atoms. The third kappa shape index (κ3) is 3.98. The number of carbonyl (C=O) groups is 2. The number of piperazine rings is 1. The quantitative estimate of drug-likeness (QED) is 0.384. The van der Waals surface area contributed by atoms with Gasteiger partial charge in [-0.25, -0.2) is 9.18 Å². The van der Waals surface area contributed by atoms with E-state index in [2.05, 4.69) is 10.1 Å². The fourth-order valence-corrected chi connectivity index (χ4v) is 1.99. The maximum Gasteiger partial charge on any atom is 0.417 e. The van der Waals surface area contributed by atoms with E-state index < -0.39 is 34.9 Å². The van der Waals surface area contributed by atoms with Gasteiger partial charge in [0.2, 0.25) is 0 Å². The first kappa shape index (κ1) is 15.8. The fraction of sp³-hybridized carbons (Fsp3) is 0.385. The molecular weight excluding hydrogens is 297 g/mol. The number of rotatable bonds is 3. The lowest BCUT2D eigenvalue weighted by Gasteiger charge is -2.25. The summed E-state index contributed by atoms with van der Waals surface area (Å²) >= 11 is 0. The molecule has 1 aromatic carbocycles. The Kier molecular flexibility index (Phi) is 4.99. The molecule has 1 saturated heterocycles. The maximum atomic E-state index is 13.6. The highest BCUT2D eigenvalue weighted by Crippen LogP contribution is 2.17. The van der Waals surface area contributed by atoms with Crippen LogP contribution in [0.5, 0.6) is 0 Å². The number of carbonyl (C=O) groups excluding carboxylic acids is 2. The van der Waals surface area contributed by atoms with E-state index in [1.165, 1.54) is 4.90 Å². The number of nitrogens with zero attached hydrogens (tertiary/aromatic N) is 2. The number of halogens is 1. The van der Waals surface area contributed by atoms with Crippen LogP contribution >= 0.6 is 0 Å². The van der Waals surface area contributed by atoms with Gasteiger partial charge >= 0.3 is 12.1 Å². The summed E-state index contributed by atoms with van der Waals surface area (Å²) in [6.07, 6.45) is -1.24. The van der Waals surface area contributed by atoms with E-state index in [4.69, 9.17) is 0 Å². The zero-order valence-corrected chi connectivity index (χ0v) is 11.6. The van der Waals surface area contributed by atoms with Crippen LogP contribution in [0.25, 0.3) is 0 Å². The van der Waals surface area contributed by atoms with Gasteiger partial charge in [0, 0.05) is 32.2 Å². The first-order chi connectivity index (χ1) is 10.5. The van der Waals surface area contributed by atoms with E-state index in [0.717, 1.165) is 18.2 Å². The molecule has 1 N–H and O–H groups in total. The Morgan fingerprint density at radius 2 is 2.05 bits per heavy atom. The molecule has 0 saturated carbocycles. The van der Waals surface area contributed by atoms with Gasteiger partial charge in [0.05, 0.1) is 17.4 Å². The highest BCUT2D eigenvalue weighted by molar-refractivity contribution is 5.85. The number of hydrogen-bond acceptors (Lipinski definition) is 6. The smallest absolute Gasteiger partial charge is 0.376 e. The van der Waals surface area contributed by atoms with Crippen molar-refractivity contribution in [2.75, 3.05) is 26.2 Å². The van der Waals surface area contributed by atoms with E-state index in [9.17, 15) is 24.1 Å². The van der Waals surface area contributed by atoms with Crippen molar-refractivity contribution < 1.29 is 23.6 Å². The lowest BCUT2D eigenvalue weighted by molar-refractivity contribution is -0.385. The molecule has 0 unspecified atom stereocenters. The molecule has 1 aromatic rings. The number of non-ortho nitro benzene ring substituents is 1. The van der Waals surface area contributed by atoms with Crippen LogP contribution in [-0.4, -0.2) is 48.1 Å². The molecule has 0 aliphatic carbocycles. The summed E-state index contributed by atoms with van der Waals surface area (Å²) in [4.78, 5) is 34.5. The van der Waals surface area contributed by atoms with Gasteiger partial charge in [0.15, 0.2) is 0 Å². The Bertz CT molecular complexity index is 601. The van der Waals surface area contributed by atoms with Gasteiger partial charge in [-0.3, -0.25) is 14.9 Å². The summed E-state index contributed by atoms with van der Waals surface area (Å²) < 4.78 is 18.3. The average molecular weight is 311 g/mol. The highest BCUT2D eigenvalue weighted by atomic mass is 19.1. The summed E-state index contributed by atoms with van der Waals surface area (Å²) in [6, 6.07) is 2.94. The molecule has 0 atom stereocenters. The summed E-state index contributed by atoms with van der Waals surface area (Å²) in [5, 5.41) is 13.5. The van der Waals surface area contributed by atoms with Crippen molar-refractivity contribution in [3.8, 4) is 0 Å². The number of nitro benzene ring substituents is 1. The molecule has 2 rings (SSSR count). The second-order valence-electron chi connectivity index (χ2n) is 4.69. The molecule has 118 valence electrons. The molecule has 1 heterocycles. The number of hydrogen-bond donors (Lipinski definition) is 1. The molecular formula is C13H14FN3O5. The Balaban J connectivity index is 1.94. The van der Waals surface area contributed by atoms with E-state index in [1.807, 2.05) is 0 Å². The number of esters is 1.